The number of pyridine rings is 1. The Balaban J connectivity index is 1.39. The average Bonchev–Trinajstić information content (AvgIpc) is 2.82. The van der Waals surface area contributed by atoms with Gasteiger partial charge in [-0.3, -0.25) is 4.98 Å². The van der Waals surface area contributed by atoms with E-state index in [2.05, 4.69) is 15.0 Å². The summed E-state index contributed by atoms with van der Waals surface area (Å²) in [5.74, 6) is 0.800. The van der Waals surface area contributed by atoms with Crippen LogP contribution in [0.5, 0.6) is 11.5 Å². The van der Waals surface area contributed by atoms with Gasteiger partial charge in [-0.05, 0) is 37.8 Å². The summed E-state index contributed by atoms with van der Waals surface area (Å²) in [5, 5.41) is 0. The molecular formula is C23H25N5O4. The Labute approximate surface area is 185 Å². The molecule has 9 nitrogen and oxygen atoms in total. The number of methoxy groups -OCH3 is 1. The number of benzene rings is 1. The Bertz CT molecular complexity index is 1100. The molecule has 0 spiro atoms. The van der Waals surface area contributed by atoms with Crippen LogP contribution in [0.1, 0.15) is 36.2 Å². The van der Waals surface area contributed by atoms with E-state index in [9.17, 15) is 4.79 Å². The molecule has 32 heavy (non-hydrogen) atoms. The summed E-state index contributed by atoms with van der Waals surface area (Å²) in [6, 6.07) is 9.31. The molecule has 1 fully saturated rings. The Morgan fingerprint density at radius 2 is 1.78 bits per heavy atom. The molecule has 0 atom stereocenters. The first-order chi connectivity index (χ1) is 15.5. The van der Waals surface area contributed by atoms with Crippen molar-refractivity contribution in [1.29, 1.82) is 0 Å². The van der Waals surface area contributed by atoms with Crippen molar-refractivity contribution in [2.24, 2.45) is 0 Å². The quantitative estimate of drug-likeness (QED) is 0.559. The lowest BCUT2D eigenvalue weighted by molar-refractivity contribution is 0.0595. The molecule has 3 aromatic rings. The molecule has 0 radical (unpaired) electrons. The Morgan fingerprint density at radius 1 is 1.03 bits per heavy atom. The van der Waals surface area contributed by atoms with Crippen LogP contribution in [0.15, 0.2) is 48.9 Å². The minimum Gasteiger partial charge on any atom is -0.490 e. The van der Waals surface area contributed by atoms with Gasteiger partial charge in [0.05, 0.1) is 43.1 Å². The van der Waals surface area contributed by atoms with Gasteiger partial charge < -0.3 is 25.7 Å². The van der Waals surface area contributed by atoms with E-state index in [1.54, 1.807) is 18.5 Å². The molecule has 0 bridgehead atoms. The van der Waals surface area contributed by atoms with Gasteiger partial charge in [0, 0.05) is 17.8 Å². The topological polar surface area (TPSA) is 135 Å². The zero-order valence-corrected chi connectivity index (χ0v) is 17.7. The van der Waals surface area contributed by atoms with Crippen LogP contribution in [0.2, 0.25) is 0 Å². The smallest absolute Gasteiger partial charge is 0.360 e. The summed E-state index contributed by atoms with van der Waals surface area (Å²) >= 11 is 0. The van der Waals surface area contributed by atoms with Crippen LogP contribution in [0.3, 0.4) is 0 Å². The van der Waals surface area contributed by atoms with Gasteiger partial charge in [-0.1, -0.05) is 12.1 Å². The maximum absolute atomic E-state index is 11.9. The number of hydrogen-bond donors (Lipinski definition) is 2. The van der Waals surface area contributed by atoms with Crippen molar-refractivity contribution < 1.29 is 19.0 Å². The van der Waals surface area contributed by atoms with Crippen molar-refractivity contribution in [2.75, 3.05) is 18.6 Å². The minimum atomic E-state index is -0.628. The summed E-state index contributed by atoms with van der Waals surface area (Å²) < 4.78 is 17.0. The van der Waals surface area contributed by atoms with Gasteiger partial charge in [0.25, 0.3) is 0 Å². The van der Waals surface area contributed by atoms with E-state index in [-0.39, 0.29) is 23.7 Å². The second-order valence-corrected chi connectivity index (χ2v) is 7.56. The lowest BCUT2D eigenvalue weighted by Gasteiger charge is -2.29. The zero-order chi connectivity index (χ0) is 22.5. The molecule has 0 unspecified atom stereocenters. The number of carbonyl (C=O) groups excluding carboxylic acids is 1. The van der Waals surface area contributed by atoms with Crippen molar-refractivity contribution in [2.45, 2.75) is 37.9 Å². The van der Waals surface area contributed by atoms with Gasteiger partial charge in [-0.2, -0.15) is 0 Å². The van der Waals surface area contributed by atoms with E-state index >= 15 is 0 Å². The molecule has 4 rings (SSSR count). The highest BCUT2D eigenvalue weighted by Gasteiger charge is 2.24. The van der Waals surface area contributed by atoms with Gasteiger partial charge in [0.1, 0.15) is 11.5 Å². The van der Waals surface area contributed by atoms with Crippen molar-refractivity contribution in [3.63, 3.8) is 0 Å². The van der Waals surface area contributed by atoms with Crippen LogP contribution in [0.4, 0.5) is 11.5 Å². The molecule has 0 aliphatic heterocycles. The van der Waals surface area contributed by atoms with Gasteiger partial charge in [-0.15, -0.1) is 0 Å². The van der Waals surface area contributed by atoms with Crippen LogP contribution in [0, 0.1) is 0 Å². The van der Waals surface area contributed by atoms with E-state index in [0.29, 0.717) is 17.1 Å². The van der Waals surface area contributed by atoms with Crippen molar-refractivity contribution >= 4 is 17.5 Å². The number of nitrogens with zero attached hydrogens (tertiary/aromatic N) is 3. The number of esters is 1. The molecule has 4 N–H and O–H groups in total. The molecule has 0 saturated heterocycles. The minimum absolute atomic E-state index is 0.00974. The average molecular weight is 435 g/mol. The summed E-state index contributed by atoms with van der Waals surface area (Å²) in [7, 11) is 1.27. The number of nitrogen functional groups attached to an aromatic ring is 2. The maximum atomic E-state index is 11.9. The van der Waals surface area contributed by atoms with Crippen LogP contribution < -0.4 is 20.9 Å². The van der Waals surface area contributed by atoms with Gasteiger partial charge in [-0.25, -0.2) is 14.8 Å². The Kier molecular flexibility index (Phi) is 6.34. The fraction of sp³-hybridized carbons (Fsp3) is 0.304. The van der Waals surface area contributed by atoms with E-state index in [4.69, 9.17) is 25.7 Å². The monoisotopic (exact) mass is 435 g/mol. The molecule has 2 heterocycles. The number of carbonyl (C=O) groups is 1. The highest BCUT2D eigenvalue weighted by molar-refractivity contribution is 5.92. The zero-order valence-electron chi connectivity index (χ0n) is 17.7. The summed E-state index contributed by atoms with van der Waals surface area (Å²) in [6.45, 7) is 0. The number of anilines is 2. The first kappa shape index (κ1) is 21.4. The highest BCUT2D eigenvalue weighted by atomic mass is 16.5. The van der Waals surface area contributed by atoms with Gasteiger partial charge >= 0.3 is 5.97 Å². The third-order valence-electron chi connectivity index (χ3n) is 5.34. The standard InChI is InChI=1S/C23H25N5O4/c1-30-23(29)21-22(25)27-13-19(28-21)14-3-2-4-17(11-14)31-15-5-7-16(8-6-15)32-20-9-10-26-12-18(20)24/h2-4,9-13,15-16H,5-8,24H2,1H3,(H2,25,27)/t15-,16+. The second-order valence-electron chi connectivity index (χ2n) is 7.56. The Hall–Kier alpha value is -3.88. The molecule has 1 aromatic carbocycles. The summed E-state index contributed by atoms with van der Waals surface area (Å²) in [5.41, 5.74) is 13.5. The molecule has 166 valence electrons. The molecule has 1 aliphatic carbocycles. The fourth-order valence-corrected chi connectivity index (χ4v) is 3.65. The fourth-order valence-electron chi connectivity index (χ4n) is 3.65. The van der Waals surface area contributed by atoms with Crippen LogP contribution in [-0.2, 0) is 4.74 Å². The van der Waals surface area contributed by atoms with Crippen molar-refractivity contribution in [3.05, 3.63) is 54.6 Å². The summed E-state index contributed by atoms with van der Waals surface area (Å²) in [4.78, 5) is 24.2. The number of rotatable bonds is 6. The third kappa shape index (κ3) is 4.88. The van der Waals surface area contributed by atoms with Crippen LogP contribution in [-0.4, -0.2) is 40.2 Å². The van der Waals surface area contributed by atoms with E-state index in [0.717, 1.165) is 37.0 Å². The lowest BCUT2D eigenvalue weighted by atomic mass is 9.95. The SMILES string of the molecule is COC(=O)c1nc(-c2cccc(O[C@H]3CC[C@@H](Oc4ccncc4N)CC3)c2)cnc1N. The van der Waals surface area contributed by atoms with E-state index < -0.39 is 5.97 Å². The van der Waals surface area contributed by atoms with Crippen molar-refractivity contribution in [3.8, 4) is 22.8 Å². The predicted octanol–water partition coefficient (Wildman–Crippen LogP) is 3.26. The maximum Gasteiger partial charge on any atom is 0.360 e. The largest absolute Gasteiger partial charge is 0.490 e. The van der Waals surface area contributed by atoms with Crippen LogP contribution in [0.25, 0.3) is 11.3 Å². The molecule has 0 amide bonds. The molecule has 9 heteroatoms. The molecule has 2 aromatic heterocycles. The lowest BCUT2D eigenvalue weighted by Crippen LogP contribution is -2.30. The van der Waals surface area contributed by atoms with E-state index in [1.165, 1.54) is 13.3 Å². The predicted molar refractivity (Wildman–Crippen MR) is 119 cm³/mol. The number of ether oxygens (including phenoxy) is 3. The second kappa shape index (κ2) is 9.51. The van der Waals surface area contributed by atoms with Gasteiger partial charge in [0.2, 0.25) is 0 Å². The Morgan fingerprint density at radius 3 is 2.50 bits per heavy atom. The van der Waals surface area contributed by atoms with Gasteiger partial charge in [0.15, 0.2) is 11.5 Å². The van der Waals surface area contributed by atoms with Crippen molar-refractivity contribution in [1.82, 2.24) is 15.0 Å². The molecule has 1 aliphatic rings. The van der Waals surface area contributed by atoms with Crippen LogP contribution >= 0.6 is 0 Å². The normalized spacial score (nSPS) is 18.0. The van der Waals surface area contributed by atoms with E-state index in [1.807, 2.05) is 24.3 Å². The molecular weight excluding hydrogens is 410 g/mol. The number of aromatic nitrogens is 3. The number of nitrogens with two attached hydrogens (primary N) is 2. The molecule has 1 saturated carbocycles. The highest BCUT2D eigenvalue weighted by Crippen LogP contribution is 2.30. The third-order valence-corrected chi connectivity index (χ3v) is 5.34. The first-order valence-corrected chi connectivity index (χ1v) is 10.4. The summed E-state index contributed by atoms with van der Waals surface area (Å²) in [6.07, 6.45) is 8.46. The first-order valence-electron chi connectivity index (χ1n) is 10.4. The number of hydrogen-bond acceptors (Lipinski definition) is 9.